The van der Waals surface area contributed by atoms with Gasteiger partial charge in [0.05, 0.1) is 29.8 Å². The first-order valence-electron chi connectivity index (χ1n) is 9.98. The van der Waals surface area contributed by atoms with Crippen LogP contribution in [0, 0.1) is 17.0 Å². The maximum absolute atomic E-state index is 13.5. The monoisotopic (exact) mass is 431 g/mol. The Morgan fingerprint density at radius 3 is 2.75 bits per heavy atom. The van der Waals surface area contributed by atoms with E-state index in [9.17, 15) is 19.7 Å². The average Bonchev–Trinajstić information content (AvgIpc) is 3.20. The van der Waals surface area contributed by atoms with Crippen LogP contribution in [0.25, 0.3) is 16.6 Å². The summed E-state index contributed by atoms with van der Waals surface area (Å²) in [6, 6.07) is 11.9. The Morgan fingerprint density at radius 2 is 2.00 bits per heavy atom. The highest BCUT2D eigenvalue weighted by molar-refractivity contribution is 6.04. The lowest BCUT2D eigenvalue weighted by Crippen LogP contribution is -2.29. The molecule has 2 aromatic heterocycles. The normalized spacial score (nSPS) is 13.2. The fraction of sp³-hybridized carbons (Fsp3) is 0.167. The fourth-order valence-corrected chi connectivity index (χ4v) is 3.85. The predicted molar refractivity (Wildman–Crippen MR) is 119 cm³/mol. The summed E-state index contributed by atoms with van der Waals surface area (Å²) in [5.41, 5.74) is 3.80. The van der Waals surface area contributed by atoms with Gasteiger partial charge >= 0.3 is 5.97 Å². The minimum atomic E-state index is -0.473. The highest BCUT2D eigenvalue weighted by atomic mass is 16.6. The molecule has 0 aliphatic carbocycles. The van der Waals surface area contributed by atoms with E-state index < -0.39 is 10.9 Å². The number of nitrogens with zero attached hydrogens (tertiary/aromatic N) is 3. The average molecular weight is 431 g/mol. The number of hydrogen-bond donors (Lipinski definition) is 0. The molecule has 0 spiro atoms. The fourth-order valence-electron chi connectivity index (χ4n) is 3.85. The number of carbonyl (C=O) groups excluding carboxylic acids is 2. The molecule has 0 amide bonds. The number of aryl methyl sites for hydroxylation is 1. The summed E-state index contributed by atoms with van der Waals surface area (Å²) in [6.07, 6.45) is 6.87. The summed E-state index contributed by atoms with van der Waals surface area (Å²) in [5, 5.41) is 11.3. The van der Waals surface area contributed by atoms with E-state index in [0.29, 0.717) is 28.9 Å². The molecule has 4 rings (SSSR count). The first-order valence-corrected chi connectivity index (χ1v) is 9.98. The van der Waals surface area contributed by atoms with Crippen LogP contribution in [0.4, 0.5) is 5.69 Å². The summed E-state index contributed by atoms with van der Waals surface area (Å²) >= 11 is 0. The summed E-state index contributed by atoms with van der Waals surface area (Å²) < 4.78 is 6.58. The number of nitro groups is 1. The van der Waals surface area contributed by atoms with E-state index in [0.717, 1.165) is 11.1 Å². The number of esters is 1. The Balaban J connectivity index is 1.78. The molecule has 0 radical (unpaired) electrons. The van der Waals surface area contributed by atoms with Crippen LogP contribution in [0.2, 0.25) is 0 Å². The standard InChI is InChI=1S/C24H21N3O5/c1-16-6-4-11-26-21(16)13-20(17-7-3-9-19(12-17)27(30)31)23(26)22(28)15-25-10-5-8-18(14-25)24(29)32-2/h3-9,11-14H,10,15H2,1-2H3. The Labute approximate surface area is 184 Å². The number of benzene rings is 1. The summed E-state index contributed by atoms with van der Waals surface area (Å²) in [5.74, 6) is -0.646. The molecule has 162 valence electrons. The number of non-ortho nitro benzene ring substituents is 1. The van der Waals surface area contributed by atoms with Gasteiger partial charge in [-0.1, -0.05) is 24.3 Å². The topological polar surface area (TPSA) is 94.2 Å². The van der Waals surface area contributed by atoms with E-state index in [1.807, 2.05) is 35.7 Å². The third-order valence-electron chi connectivity index (χ3n) is 5.38. The third-order valence-corrected chi connectivity index (χ3v) is 5.38. The number of carbonyl (C=O) groups is 2. The maximum atomic E-state index is 13.5. The summed E-state index contributed by atoms with van der Waals surface area (Å²) in [7, 11) is 1.31. The van der Waals surface area contributed by atoms with Crippen LogP contribution >= 0.6 is 0 Å². The van der Waals surface area contributed by atoms with Crippen LogP contribution in [0.15, 0.2) is 72.6 Å². The van der Waals surface area contributed by atoms with E-state index in [-0.39, 0.29) is 18.0 Å². The molecule has 0 unspecified atom stereocenters. The Bertz CT molecular complexity index is 1300. The zero-order valence-corrected chi connectivity index (χ0v) is 17.6. The molecule has 0 fully saturated rings. The first-order chi connectivity index (χ1) is 15.4. The molecule has 0 saturated heterocycles. The van der Waals surface area contributed by atoms with Gasteiger partial charge in [-0.15, -0.1) is 0 Å². The van der Waals surface area contributed by atoms with Crippen LogP contribution in [-0.2, 0) is 9.53 Å². The second-order valence-electron chi connectivity index (χ2n) is 7.49. The van der Waals surface area contributed by atoms with Crippen molar-refractivity contribution in [3.63, 3.8) is 0 Å². The number of aromatic nitrogens is 1. The number of hydrogen-bond acceptors (Lipinski definition) is 6. The number of Topliss-reactive ketones (excluding diaryl/α,β-unsaturated/α-hetero) is 1. The highest BCUT2D eigenvalue weighted by Crippen LogP contribution is 2.32. The summed E-state index contributed by atoms with van der Waals surface area (Å²) in [6.45, 7) is 2.45. The van der Waals surface area contributed by atoms with E-state index in [1.54, 1.807) is 35.4 Å². The molecule has 3 heterocycles. The van der Waals surface area contributed by atoms with E-state index in [4.69, 9.17) is 4.74 Å². The van der Waals surface area contributed by atoms with Crippen LogP contribution in [0.5, 0.6) is 0 Å². The number of fused-ring (bicyclic) bond motifs is 1. The van der Waals surface area contributed by atoms with Crippen molar-refractivity contribution in [3.05, 3.63) is 94.0 Å². The van der Waals surface area contributed by atoms with Crippen LogP contribution in [0.3, 0.4) is 0 Å². The second kappa shape index (κ2) is 8.50. The molecule has 1 aliphatic heterocycles. The van der Waals surface area contributed by atoms with Gasteiger partial charge in [0.15, 0.2) is 5.78 Å². The predicted octanol–water partition coefficient (Wildman–Crippen LogP) is 3.93. The number of ether oxygens (including phenoxy) is 1. The Hall–Kier alpha value is -4.20. The lowest BCUT2D eigenvalue weighted by molar-refractivity contribution is -0.384. The molecule has 0 atom stereocenters. The van der Waals surface area contributed by atoms with Crippen molar-refractivity contribution in [2.45, 2.75) is 6.92 Å². The van der Waals surface area contributed by atoms with Gasteiger partial charge in [-0.25, -0.2) is 4.79 Å². The molecular weight excluding hydrogens is 410 g/mol. The molecular formula is C24H21N3O5. The molecule has 1 aliphatic rings. The van der Waals surface area contributed by atoms with E-state index >= 15 is 0 Å². The Morgan fingerprint density at radius 1 is 1.19 bits per heavy atom. The van der Waals surface area contributed by atoms with Crippen LogP contribution < -0.4 is 0 Å². The van der Waals surface area contributed by atoms with Crippen molar-refractivity contribution in [2.75, 3.05) is 20.2 Å². The molecule has 1 aromatic carbocycles. The second-order valence-corrected chi connectivity index (χ2v) is 7.49. The largest absolute Gasteiger partial charge is 0.465 e. The maximum Gasteiger partial charge on any atom is 0.339 e. The zero-order valence-electron chi connectivity index (χ0n) is 17.6. The van der Waals surface area contributed by atoms with Crippen molar-refractivity contribution < 1.29 is 19.2 Å². The molecule has 32 heavy (non-hydrogen) atoms. The van der Waals surface area contributed by atoms with E-state index in [2.05, 4.69) is 0 Å². The highest BCUT2D eigenvalue weighted by Gasteiger charge is 2.23. The van der Waals surface area contributed by atoms with Gasteiger partial charge in [-0.2, -0.15) is 0 Å². The van der Waals surface area contributed by atoms with Crippen LogP contribution in [-0.4, -0.2) is 46.2 Å². The molecule has 8 nitrogen and oxygen atoms in total. The summed E-state index contributed by atoms with van der Waals surface area (Å²) in [4.78, 5) is 37.9. The molecule has 0 saturated carbocycles. The SMILES string of the molecule is COC(=O)C1=CN(CC(=O)c2c(-c3cccc([N+](=O)[O-])c3)cc3c(C)cccn23)CC=C1. The number of rotatable bonds is 6. The van der Waals surface area contributed by atoms with Gasteiger partial charge in [-0.3, -0.25) is 14.9 Å². The van der Waals surface area contributed by atoms with Gasteiger partial charge in [0.1, 0.15) is 0 Å². The van der Waals surface area contributed by atoms with Crippen LogP contribution in [0.1, 0.15) is 16.1 Å². The third kappa shape index (κ3) is 3.90. The molecule has 0 bridgehead atoms. The van der Waals surface area contributed by atoms with Gasteiger partial charge in [-0.05, 0) is 36.3 Å². The van der Waals surface area contributed by atoms with Gasteiger partial charge in [0, 0.05) is 42.2 Å². The first kappa shape index (κ1) is 21.0. The zero-order chi connectivity index (χ0) is 22.8. The van der Waals surface area contributed by atoms with Gasteiger partial charge < -0.3 is 14.0 Å². The smallest absolute Gasteiger partial charge is 0.339 e. The number of pyridine rings is 1. The van der Waals surface area contributed by atoms with E-state index in [1.165, 1.54) is 19.2 Å². The lowest BCUT2D eigenvalue weighted by atomic mass is 10.0. The quantitative estimate of drug-likeness (QED) is 0.254. The molecule has 0 N–H and O–H groups in total. The van der Waals surface area contributed by atoms with Gasteiger partial charge in [0.2, 0.25) is 0 Å². The van der Waals surface area contributed by atoms with Crippen molar-refractivity contribution in [2.24, 2.45) is 0 Å². The minimum absolute atomic E-state index is 0.0345. The van der Waals surface area contributed by atoms with Crippen molar-refractivity contribution in [1.82, 2.24) is 9.30 Å². The number of nitro benzene ring substituents is 1. The minimum Gasteiger partial charge on any atom is -0.465 e. The van der Waals surface area contributed by atoms with Crippen molar-refractivity contribution in [3.8, 4) is 11.1 Å². The number of ketones is 1. The van der Waals surface area contributed by atoms with Crippen molar-refractivity contribution in [1.29, 1.82) is 0 Å². The Kier molecular flexibility index (Phi) is 5.59. The lowest BCUT2D eigenvalue weighted by Gasteiger charge is -2.22. The van der Waals surface area contributed by atoms with Crippen molar-refractivity contribution >= 4 is 23.0 Å². The molecule has 3 aromatic rings. The number of methoxy groups -OCH3 is 1. The molecule has 8 heteroatoms. The van der Waals surface area contributed by atoms with Gasteiger partial charge in [0.25, 0.3) is 5.69 Å².